The Hall–Kier alpha value is -0.280. The van der Waals surface area contributed by atoms with Crippen molar-refractivity contribution in [2.75, 3.05) is 0 Å². The lowest BCUT2D eigenvalue weighted by atomic mass is 9.96. The van der Waals surface area contributed by atoms with Gasteiger partial charge in [0.15, 0.2) is 0 Å². The van der Waals surface area contributed by atoms with Gasteiger partial charge < -0.3 is 10.8 Å². The normalized spacial score (nSPS) is 15.0. The minimum absolute atomic E-state index is 0.413. The summed E-state index contributed by atoms with van der Waals surface area (Å²) in [6, 6.07) is 4.81. The number of hydrogen-bond acceptors (Lipinski definition) is 2. The second kappa shape index (κ2) is 6.60. The van der Waals surface area contributed by atoms with Crippen molar-refractivity contribution in [2.45, 2.75) is 38.8 Å². The van der Waals surface area contributed by atoms with Crippen LogP contribution < -0.4 is 5.73 Å². The van der Waals surface area contributed by atoms with Gasteiger partial charge in [0.25, 0.3) is 0 Å². The van der Waals surface area contributed by atoms with Gasteiger partial charge >= 0.3 is 0 Å². The second-order valence-corrected chi connectivity index (χ2v) is 5.55. The molecule has 0 heterocycles. The number of aliphatic hydroxyl groups excluding tert-OH is 1. The van der Waals surface area contributed by atoms with E-state index in [1.54, 1.807) is 18.2 Å². The third-order valence-corrected chi connectivity index (χ3v) is 3.52. The van der Waals surface area contributed by atoms with Gasteiger partial charge in [-0.3, -0.25) is 0 Å². The molecular weight excluding hydrogens is 257 g/mol. The molecule has 4 heteroatoms. The van der Waals surface area contributed by atoms with Gasteiger partial charge in [0.2, 0.25) is 0 Å². The molecule has 0 aliphatic heterocycles. The van der Waals surface area contributed by atoms with E-state index in [-0.39, 0.29) is 0 Å². The van der Waals surface area contributed by atoms with Crippen LogP contribution in [0.1, 0.15) is 38.3 Å². The molecule has 17 heavy (non-hydrogen) atoms. The van der Waals surface area contributed by atoms with Gasteiger partial charge in [0.05, 0.1) is 22.2 Å². The van der Waals surface area contributed by atoms with Crippen molar-refractivity contribution in [3.05, 3.63) is 33.8 Å². The third kappa shape index (κ3) is 4.47. The monoisotopic (exact) mass is 275 g/mol. The zero-order valence-corrected chi connectivity index (χ0v) is 11.7. The molecule has 0 aliphatic rings. The first-order valence-corrected chi connectivity index (χ1v) is 6.56. The minimum Gasteiger partial charge on any atom is -0.391 e. The molecule has 0 amide bonds. The summed E-state index contributed by atoms with van der Waals surface area (Å²) in [6.07, 6.45) is 1.10. The smallest absolute Gasteiger partial charge is 0.0732 e. The summed E-state index contributed by atoms with van der Waals surface area (Å²) in [6.45, 7) is 4.24. The molecule has 1 aromatic carbocycles. The molecule has 0 aliphatic carbocycles. The molecular formula is C13H19Cl2NO. The van der Waals surface area contributed by atoms with Crippen molar-refractivity contribution in [3.63, 3.8) is 0 Å². The van der Waals surface area contributed by atoms with Crippen LogP contribution in [0.5, 0.6) is 0 Å². The standard InChI is InChI=1S/C13H19Cl2NO/c1-8(2)3-6-12(17)13(16)9-4-5-10(14)11(15)7-9/h4-5,7-8,12-13,17H,3,6,16H2,1-2H3/t12-,13+/m1/s1. The highest BCUT2D eigenvalue weighted by Gasteiger charge is 2.17. The molecule has 0 spiro atoms. The molecule has 0 saturated heterocycles. The fourth-order valence-corrected chi connectivity index (χ4v) is 1.93. The van der Waals surface area contributed by atoms with E-state index in [4.69, 9.17) is 28.9 Å². The molecule has 3 N–H and O–H groups in total. The van der Waals surface area contributed by atoms with E-state index in [1.807, 2.05) is 0 Å². The van der Waals surface area contributed by atoms with Crippen LogP contribution in [0, 0.1) is 5.92 Å². The lowest BCUT2D eigenvalue weighted by Gasteiger charge is -2.20. The fourth-order valence-electron chi connectivity index (χ4n) is 1.63. The Kier molecular flexibility index (Phi) is 5.74. The molecule has 0 aromatic heterocycles. The number of aliphatic hydroxyl groups is 1. The highest BCUT2D eigenvalue weighted by Crippen LogP contribution is 2.27. The van der Waals surface area contributed by atoms with Crippen LogP contribution in [-0.4, -0.2) is 11.2 Å². The highest BCUT2D eigenvalue weighted by molar-refractivity contribution is 6.42. The summed E-state index contributed by atoms with van der Waals surface area (Å²) >= 11 is 11.8. The molecule has 0 saturated carbocycles. The molecule has 96 valence electrons. The first-order valence-electron chi connectivity index (χ1n) is 5.80. The topological polar surface area (TPSA) is 46.2 Å². The van der Waals surface area contributed by atoms with E-state index in [0.29, 0.717) is 22.4 Å². The Balaban J connectivity index is 2.67. The maximum atomic E-state index is 9.98. The summed E-state index contributed by atoms with van der Waals surface area (Å²) in [7, 11) is 0. The average molecular weight is 276 g/mol. The highest BCUT2D eigenvalue weighted by atomic mass is 35.5. The van der Waals surface area contributed by atoms with Gasteiger partial charge in [-0.1, -0.05) is 43.1 Å². The van der Waals surface area contributed by atoms with Crippen LogP contribution in [0.2, 0.25) is 10.0 Å². The largest absolute Gasteiger partial charge is 0.391 e. The van der Waals surface area contributed by atoms with E-state index in [0.717, 1.165) is 12.0 Å². The average Bonchev–Trinajstić information content (AvgIpc) is 2.28. The van der Waals surface area contributed by atoms with E-state index in [2.05, 4.69) is 13.8 Å². The Labute approximate surface area is 113 Å². The molecule has 1 rings (SSSR count). The van der Waals surface area contributed by atoms with E-state index in [9.17, 15) is 5.11 Å². The van der Waals surface area contributed by atoms with Gasteiger partial charge in [-0.15, -0.1) is 0 Å². The fraction of sp³-hybridized carbons (Fsp3) is 0.538. The van der Waals surface area contributed by atoms with Crippen molar-refractivity contribution in [1.82, 2.24) is 0 Å². The van der Waals surface area contributed by atoms with Crippen molar-refractivity contribution in [1.29, 1.82) is 0 Å². The van der Waals surface area contributed by atoms with Gasteiger partial charge in [0.1, 0.15) is 0 Å². The van der Waals surface area contributed by atoms with Crippen LogP contribution in [0.4, 0.5) is 0 Å². The summed E-state index contributed by atoms with van der Waals surface area (Å²) in [4.78, 5) is 0. The Morgan fingerprint density at radius 3 is 2.35 bits per heavy atom. The SMILES string of the molecule is CC(C)CC[C@@H](O)[C@@H](N)c1ccc(Cl)c(Cl)c1. The number of rotatable bonds is 5. The zero-order valence-electron chi connectivity index (χ0n) is 10.2. The molecule has 0 fully saturated rings. The lowest BCUT2D eigenvalue weighted by molar-refractivity contribution is 0.128. The molecule has 0 radical (unpaired) electrons. The first kappa shape index (κ1) is 14.8. The maximum absolute atomic E-state index is 9.98. The van der Waals surface area contributed by atoms with Gasteiger partial charge in [-0.2, -0.15) is 0 Å². The Morgan fingerprint density at radius 2 is 1.82 bits per heavy atom. The van der Waals surface area contributed by atoms with Crippen molar-refractivity contribution in [3.8, 4) is 0 Å². The lowest BCUT2D eigenvalue weighted by Crippen LogP contribution is -2.26. The molecule has 2 nitrogen and oxygen atoms in total. The van der Waals surface area contributed by atoms with E-state index < -0.39 is 12.1 Å². The van der Waals surface area contributed by atoms with Crippen LogP contribution in [-0.2, 0) is 0 Å². The quantitative estimate of drug-likeness (QED) is 0.859. The molecule has 0 bridgehead atoms. The predicted molar refractivity (Wildman–Crippen MR) is 73.5 cm³/mol. The van der Waals surface area contributed by atoms with Crippen LogP contribution in [0.3, 0.4) is 0 Å². The third-order valence-electron chi connectivity index (χ3n) is 2.78. The minimum atomic E-state index is -0.547. The van der Waals surface area contributed by atoms with E-state index in [1.165, 1.54) is 0 Å². The predicted octanol–water partition coefficient (Wildman–Crippen LogP) is 3.79. The van der Waals surface area contributed by atoms with Gasteiger partial charge in [-0.25, -0.2) is 0 Å². The van der Waals surface area contributed by atoms with Crippen molar-refractivity contribution in [2.24, 2.45) is 11.7 Å². The molecule has 2 atom stereocenters. The first-order chi connectivity index (χ1) is 7.91. The van der Waals surface area contributed by atoms with Crippen molar-refractivity contribution < 1.29 is 5.11 Å². The van der Waals surface area contributed by atoms with Crippen LogP contribution in [0.25, 0.3) is 0 Å². The summed E-state index contributed by atoms with van der Waals surface area (Å²) in [5, 5.41) is 10.9. The van der Waals surface area contributed by atoms with Crippen LogP contribution >= 0.6 is 23.2 Å². The second-order valence-electron chi connectivity index (χ2n) is 4.74. The van der Waals surface area contributed by atoms with Crippen molar-refractivity contribution >= 4 is 23.2 Å². The summed E-state index contributed by atoms with van der Waals surface area (Å²) in [5.41, 5.74) is 6.81. The maximum Gasteiger partial charge on any atom is 0.0732 e. The number of halogens is 2. The summed E-state index contributed by atoms with van der Waals surface area (Å²) < 4.78 is 0. The number of nitrogens with two attached hydrogens (primary N) is 1. The van der Waals surface area contributed by atoms with Gasteiger partial charge in [0, 0.05) is 0 Å². The van der Waals surface area contributed by atoms with Crippen LogP contribution in [0.15, 0.2) is 18.2 Å². The number of benzene rings is 1. The molecule has 0 unspecified atom stereocenters. The zero-order chi connectivity index (χ0) is 13.0. The Bertz CT molecular complexity index is 368. The Morgan fingerprint density at radius 1 is 1.18 bits per heavy atom. The number of hydrogen-bond donors (Lipinski definition) is 2. The van der Waals surface area contributed by atoms with E-state index >= 15 is 0 Å². The summed E-state index contributed by atoms with van der Waals surface area (Å²) in [5.74, 6) is 0.561. The molecule has 1 aromatic rings. The van der Waals surface area contributed by atoms with Gasteiger partial charge in [-0.05, 0) is 36.5 Å².